The van der Waals surface area contributed by atoms with Crippen molar-refractivity contribution >= 4 is 11.3 Å². The van der Waals surface area contributed by atoms with E-state index in [-0.39, 0.29) is 5.82 Å². The number of benzene rings is 1. The first-order chi connectivity index (χ1) is 8.16. The zero-order chi connectivity index (χ0) is 12.3. The summed E-state index contributed by atoms with van der Waals surface area (Å²) in [6.07, 6.45) is -0.767. The van der Waals surface area contributed by atoms with Crippen LogP contribution in [0.25, 0.3) is 0 Å². The highest BCUT2D eigenvalue weighted by Gasteiger charge is 2.11. The van der Waals surface area contributed by atoms with Gasteiger partial charge >= 0.3 is 0 Å². The Morgan fingerprint density at radius 3 is 3.00 bits per heavy atom. The SMILES string of the molecule is CC(O)c1cc(F)ccc1OCc1cscn1. The number of aliphatic hydroxyl groups excluding tert-OH is 1. The van der Waals surface area contributed by atoms with E-state index in [1.54, 1.807) is 12.4 Å². The molecule has 1 aromatic heterocycles. The lowest BCUT2D eigenvalue weighted by Crippen LogP contribution is -2.01. The number of rotatable bonds is 4. The molecule has 2 aromatic rings. The van der Waals surface area contributed by atoms with Crippen LogP contribution in [0.15, 0.2) is 29.1 Å². The molecule has 0 radical (unpaired) electrons. The van der Waals surface area contributed by atoms with E-state index < -0.39 is 6.10 Å². The van der Waals surface area contributed by atoms with Crippen molar-refractivity contribution in [1.82, 2.24) is 4.98 Å². The summed E-state index contributed by atoms with van der Waals surface area (Å²) in [5.41, 5.74) is 2.98. The molecule has 5 heteroatoms. The minimum absolute atomic E-state index is 0.314. The second-order valence-electron chi connectivity index (χ2n) is 3.63. The second kappa shape index (κ2) is 5.25. The van der Waals surface area contributed by atoms with Gasteiger partial charge in [-0.15, -0.1) is 11.3 Å². The van der Waals surface area contributed by atoms with E-state index >= 15 is 0 Å². The normalized spacial score (nSPS) is 12.4. The van der Waals surface area contributed by atoms with Gasteiger partial charge in [0.05, 0.1) is 17.3 Å². The van der Waals surface area contributed by atoms with Crippen LogP contribution in [0.4, 0.5) is 4.39 Å². The van der Waals surface area contributed by atoms with Gasteiger partial charge in [0.1, 0.15) is 18.2 Å². The molecule has 0 saturated heterocycles. The molecular weight excluding hydrogens is 241 g/mol. The van der Waals surface area contributed by atoms with Crippen LogP contribution in [0.5, 0.6) is 5.75 Å². The van der Waals surface area contributed by atoms with Crippen molar-refractivity contribution < 1.29 is 14.2 Å². The van der Waals surface area contributed by atoms with Crippen LogP contribution in [0.3, 0.4) is 0 Å². The second-order valence-corrected chi connectivity index (χ2v) is 4.35. The Labute approximate surface area is 103 Å². The molecule has 1 unspecified atom stereocenters. The Morgan fingerprint density at radius 1 is 1.53 bits per heavy atom. The molecule has 0 aliphatic heterocycles. The van der Waals surface area contributed by atoms with Crippen molar-refractivity contribution in [3.05, 3.63) is 46.2 Å². The molecule has 0 spiro atoms. The van der Waals surface area contributed by atoms with Gasteiger partial charge in [0.15, 0.2) is 0 Å². The fraction of sp³-hybridized carbons (Fsp3) is 0.250. The van der Waals surface area contributed by atoms with Crippen LogP contribution in [-0.4, -0.2) is 10.1 Å². The van der Waals surface area contributed by atoms with Crippen LogP contribution in [-0.2, 0) is 6.61 Å². The van der Waals surface area contributed by atoms with Crippen molar-refractivity contribution in [3.8, 4) is 5.75 Å². The van der Waals surface area contributed by atoms with E-state index in [9.17, 15) is 9.50 Å². The van der Waals surface area contributed by atoms with Gasteiger partial charge in [-0.1, -0.05) is 0 Å². The summed E-state index contributed by atoms with van der Waals surface area (Å²) in [5.74, 6) is 0.0938. The third-order valence-corrected chi connectivity index (χ3v) is 2.92. The molecule has 0 bridgehead atoms. The predicted molar refractivity (Wildman–Crippen MR) is 63.5 cm³/mol. The van der Waals surface area contributed by atoms with Crippen molar-refractivity contribution in [2.24, 2.45) is 0 Å². The zero-order valence-corrected chi connectivity index (χ0v) is 10.1. The van der Waals surface area contributed by atoms with Crippen molar-refractivity contribution in [1.29, 1.82) is 0 Å². The van der Waals surface area contributed by atoms with Gasteiger partial charge in [-0.05, 0) is 25.1 Å². The number of thiazole rings is 1. The molecule has 1 heterocycles. The molecule has 0 aliphatic carbocycles. The molecule has 17 heavy (non-hydrogen) atoms. The lowest BCUT2D eigenvalue weighted by Gasteiger charge is -2.12. The minimum atomic E-state index is -0.767. The number of nitrogens with zero attached hydrogens (tertiary/aromatic N) is 1. The maximum absolute atomic E-state index is 13.0. The third kappa shape index (κ3) is 3.01. The van der Waals surface area contributed by atoms with Crippen LogP contribution < -0.4 is 4.74 Å². The van der Waals surface area contributed by atoms with Gasteiger partial charge in [0, 0.05) is 10.9 Å². The summed E-state index contributed by atoms with van der Waals surface area (Å²) >= 11 is 1.49. The summed E-state index contributed by atoms with van der Waals surface area (Å²) in [6, 6.07) is 4.10. The van der Waals surface area contributed by atoms with Crippen LogP contribution in [0.2, 0.25) is 0 Å². The number of aromatic nitrogens is 1. The number of ether oxygens (including phenoxy) is 1. The summed E-state index contributed by atoms with van der Waals surface area (Å²) in [4.78, 5) is 4.08. The van der Waals surface area contributed by atoms with Gasteiger partial charge in [-0.3, -0.25) is 0 Å². The van der Waals surface area contributed by atoms with Gasteiger partial charge in [0.25, 0.3) is 0 Å². The van der Waals surface area contributed by atoms with Crippen molar-refractivity contribution in [2.75, 3.05) is 0 Å². The molecular formula is C12H12FNO2S. The molecule has 1 atom stereocenters. The molecule has 1 aromatic carbocycles. The van der Waals surface area contributed by atoms with E-state index in [2.05, 4.69) is 4.98 Å². The molecule has 2 rings (SSSR count). The molecule has 3 nitrogen and oxygen atoms in total. The maximum atomic E-state index is 13.0. The van der Waals surface area contributed by atoms with E-state index in [0.29, 0.717) is 17.9 Å². The highest BCUT2D eigenvalue weighted by molar-refractivity contribution is 7.07. The highest BCUT2D eigenvalue weighted by atomic mass is 32.1. The molecule has 90 valence electrons. The summed E-state index contributed by atoms with van der Waals surface area (Å²) in [6.45, 7) is 1.89. The van der Waals surface area contributed by atoms with Crippen molar-refractivity contribution in [2.45, 2.75) is 19.6 Å². The van der Waals surface area contributed by atoms with Gasteiger partial charge in [-0.25, -0.2) is 9.37 Å². The number of hydrogen-bond donors (Lipinski definition) is 1. The number of aliphatic hydroxyl groups is 1. The first-order valence-corrected chi connectivity index (χ1v) is 6.08. The standard InChI is InChI=1S/C12H12FNO2S/c1-8(15)11-4-9(13)2-3-12(11)16-5-10-6-17-7-14-10/h2-4,6-8,15H,5H2,1H3. The summed E-state index contributed by atoms with van der Waals surface area (Å²) in [5, 5.41) is 11.4. The third-order valence-electron chi connectivity index (χ3n) is 2.28. The Balaban J connectivity index is 2.14. The molecule has 1 N–H and O–H groups in total. The van der Waals surface area contributed by atoms with Crippen LogP contribution >= 0.6 is 11.3 Å². The topological polar surface area (TPSA) is 42.4 Å². The van der Waals surface area contributed by atoms with E-state index in [1.807, 2.05) is 5.38 Å². The summed E-state index contributed by atoms with van der Waals surface area (Å²) in [7, 11) is 0. The average molecular weight is 253 g/mol. The average Bonchev–Trinajstić information content (AvgIpc) is 2.80. The Hall–Kier alpha value is -1.46. The first-order valence-electron chi connectivity index (χ1n) is 5.14. The zero-order valence-electron chi connectivity index (χ0n) is 9.26. The van der Waals surface area contributed by atoms with Crippen LogP contribution in [0.1, 0.15) is 24.3 Å². The molecule has 0 amide bonds. The minimum Gasteiger partial charge on any atom is -0.487 e. The quantitative estimate of drug-likeness (QED) is 0.911. The van der Waals surface area contributed by atoms with Crippen LogP contribution in [0, 0.1) is 5.82 Å². The Kier molecular flexibility index (Phi) is 3.71. The lowest BCUT2D eigenvalue weighted by molar-refractivity contribution is 0.189. The predicted octanol–water partition coefficient (Wildman–Crippen LogP) is 2.91. The number of halogens is 1. The molecule has 0 aliphatic rings. The Bertz CT molecular complexity index is 485. The lowest BCUT2D eigenvalue weighted by atomic mass is 10.1. The fourth-order valence-corrected chi connectivity index (χ4v) is 1.98. The highest BCUT2D eigenvalue weighted by Crippen LogP contribution is 2.26. The smallest absolute Gasteiger partial charge is 0.131 e. The molecule has 0 saturated carbocycles. The van der Waals surface area contributed by atoms with Crippen molar-refractivity contribution in [3.63, 3.8) is 0 Å². The molecule has 0 fully saturated rings. The largest absolute Gasteiger partial charge is 0.487 e. The van der Waals surface area contributed by atoms with Gasteiger partial charge in [-0.2, -0.15) is 0 Å². The first kappa shape index (κ1) is 12.0. The maximum Gasteiger partial charge on any atom is 0.131 e. The number of hydrogen-bond acceptors (Lipinski definition) is 4. The van der Waals surface area contributed by atoms with E-state index in [4.69, 9.17) is 4.74 Å². The van der Waals surface area contributed by atoms with E-state index in [0.717, 1.165) is 5.69 Å². The van der Waals surface area contributed by atoms with Gasteiger partial charge < -0.3 is 9.84 Å². The fourth-order valence-electron chi connectivity index (χ4n) is 1.44. The van der Waals surface area contributed by atoms with E-state index in [1.165, 1.54) is 29.5 Å². The Morgan fingerprint density at radius 2 is 2.35 bits per heavy atom. The monoisotopic (exact) mass is 253 g/mol. The summed E-state index contributed by atoms with van der Waals surface area (Å²) < 4.78 is 18.6. The van der Waals surface area contributed by atoms with Gasteiger partial charge in [0.2, 0.25) is 0 Å².